The Bertz CT molecular complexity index is 352. The first-order chi connectivity index (χ1) is 6.54. The number of hydrogen-bond acceptors (Lipinski definition) is 0. The van der Waals surface area contributed by atoms with Gasteiger partial charge in [0.15, 0.2) is 0 Å². The molecular formula is C13H17Cl. The minimum absolute atomic E-state index is 0.214. The van der Waals surface area contributed by atoms with Crippen LogP contribution in [0.5, 0.6) is 0 Å². The average Bonchev–Trinajstić information content (AvgIpc) is 2.37. The lowest BCUT2D eigenvalue weighted by Crippen LogP contribution is -2.11. The van der Waals surface area contributed by atoms with E-state index in [1.807, 2.05) is 0 Å². The second-order valence-corrected chi connectivity index (χ2v) is 5.36. The van der Waals surface area contributed by atoms with E-state index >= 15 is 0 Å². The molecule has 1 aliphatic carbocycles. The maximum atomic E-state index is 6.36. The Morgan fingerprint density at radius 3 is 2.79 bits per heavy atom. The first-order valence-corrected chi connectivity index (χ1v) is 5.75. The molecule has 0 N–H and O–H groups in total. The highest BCUT2D eigenvalue weighted by atomic mass is 35.5. The Kier molecular flexibility index (Phi) is 2.35. The van der Waals surface area contributed by atoms with Crippen molar-refractivity contribution < 1.29 is 0 Å². The molecule has 0 spiro atoms. The minimum atomic E-state index is 0.214. The van der Waals surface area contributed by atoms with Crippen molar-refractivity contribution in [1.29, 1.82) is 0 Å². The van der Waals surface area contributed by atoms with Crippen molar-refractivity contribution in [2.45, 2.75) is 44.4 Å². The van der Waals surface area contributed by atoms with E-state index in [1.165, 1.54) is 16.7 Å². The van der Waals surface area contributed by atoms with Gasteiger partial charge in [0, 0.05) is 0 Å². The van der Waals surface area contributed by atoms with Crippen LogP contribution in [0.1, 0.15) is 49.3 Å². The fourth-order valence-corrected chi connectivity index (χ4v) is 2.94. The molecule has 0 aliphatic heterocycles. The molecule has 0 radical (unpaired) electrons. The molecule has 1 aromatic rings. The molecule has 76 valence electrons. The van der Waals surface area contributed by atoms with Crippen LogP contribution >= 0.6 is 11.6 Å². The van der Waals surface area contributed by atoms with Crippen LogP contribution in [0.15, 0.2) is 18.2 Å². The monoisotopic (exact) mass is 208 g/mol. The summed E-state index contributed by atoms with van der Waals surface area (Å²) in [4.78, 5) is 0. The van der Waals surface area contributed by atoms with Crippen LogP contribution in [0.25, 0.3) is 0 Å². The maximum Gasteiger partial charge on any atom is 0.0596 e. The number of aryl methyl sites for hydroxylation is 1. The van der Waals surface area contributed by atoms with Crippen LogP contribution in [-0.2, 0) is 11.8 Å². The SMILES string of the molecule is CCc1ccc2c(c1)C(Cl)CC2(C)C. The molecule has 0 fully saturated rings. The quantitative estimate of drug-likeness (QED) is 0.607. The number of halogens is 1. The van der Waals surface area contributed by atoms with Gasteiger partial charge in [-0.05, 0) is 34.9 Å². The molecule has 0 amide bonds. The lowest BCUT2D eigenvalue weighted by molar-refractivity contribution is 0.516. The highest BCUT2D eigenvalue weighted by Crippen LogP contribution is 2.47. The van der Waals surface area contributed by atoms with Crippen molar-refractivity contribution in [3.63, 3.8) is 0 Å². The van der Waals surface area contributed by atoms with Gasteiger partial charge in [-0.1, -0.05) is 39.0 Å². The molecule has 14 heavy (non-hydrogen) atoms. The Morgan fingerprint density at radius 1 is 1.43 bits per heavy atom. The van der Waals surface area contributed by atoms with Crippen molar-refractivity contribution in [1.82, 2.24) is 0 Å². The van der Waals surface area contributed by atoms with Gasteiger partial charge in [0.25, 0.3) is 0 Å². The number of rotatable bonds is 1. The predicted molar refractivity (Wildman–Crippen MR) is 62.1 cm³/mol. The highest BCUT2D eigenvalue weighted by Gasteiger charge is 2.35. The van der Waals surface area contributed by atoms with Gasteiger partial charge in [-0.3, -0.25) is 0 Å². The third-order valence-corrected chi connectivity index (χ3v) is 3.67. The summed E-state index contributed by atoms with van der Waals surface area (Å²) < 4.78 is 0. The molecule has 0 bridgehead atoms. The van der Waals surface area contributed by atoms with Gasteiger partial charge in [0.1, 0.15) is 0 Å². The Hall–Kier alpha value is -0.490. The molecule has 0 aromatic heterocycles. The molecule has 0 nitrogen and oxygen atoms in total. The second-order valence-electron chi connectivity index (χ2n) is 4.83. The van der Waals surface area contributed by atoms with Gasteiger partial charge >= 0.3 is 0 Å². The molecule has 1 aromatic carbocycles. The van der Waals surface area contributed by atoms with E-state index in [2.05, 4.69) is 39.0 Å². The van der Waals surface area contributed by atoms with Crippen LogP contribution in [0, 0.1) is 0 Å². The summed E-state index contributed by atoms with van der Waals surface area (Å²) in [7, 11) is 0. The van der Waals surface area contributed by atoms with E-state index in [9.17, 15) is 0 Å². The molecular weight excluding hydrogens is 192 g/mol. The summed E-state index contributed by atoms with van der Waals surface area (Å²) in [5.41, 5.74) is 4.45. The van der Waals surface area contributed by atoms with E-state index in [0.717, 1.165) is 12.8 Å². The molecule has 1 unspecified atom stereocenters. The summed E-state index contributed by atoms with van der Waals surface area (Å²) in [6.45, 7) is 6.74. The van der Waals surface area contributed by atoms with E-state index in [-0.39, 0.29) is 10.8 Å². The maximum absolute atomic E-state index is 6.36. The summed E-state index contributed by atoms with van der Waals surface area (Å²) in [5.74, 6) is 0. The highest BCUT2D eigenvalue weighted by molar-refractivity contribution is 6.21. The second kappa shape index (κ2) is 3.27. The van der Waals surface area contributed by atoms with Crippen LogP contribution in [0.2, 0.25) is 0 Å². The summed E-state index contributed by atoms with van der Waals surface area (Å²) in [6.07, 6.45) is 2.16. The third kappa shape index (κ3) is 1.46. The van der Waals surface area contributed by atoms with E-state index < -0.39 is 0 Å². The third-order valence-electron chi connectivity index (χ3n) is 3.28. The normalized spacial score (nSPS) is 23.6. The van der Waals surface area contributed by atoms with Crippen LogP contribution in [0.4, 0.5) is 0 Å². The lowest BCUT2D eigenvalue weighted by Gasteiger charge is -2.18. The molecule has 2 rings (SSSR count). The fourth-order valence-electron chi connectivity index (χ4n) is 2.38. The molecule has 0 saturated heterocycles. The number of fused-ring (bicyclic) bond motifs is 1. The minimum Gasteiger partial charge on any atom is -0.118 e. The van der Waals surface area contributed by atoms with Gasteiger partial charge in [0.05, 0.1) is 5.38 Å². The summed E-state index contributed by atoms with van der Waals surface area (Å²) >= 11 is 6.36. The van der Waals surface area contributed by atoms with Crippen molar-refractivity contribution in [3.8, 4) is 0 Å². The average molecular weight is 209 g/mol. The van der Waals surface area contributed by atoms with Gasteiger partial charge in [0.2, 0.25) is 0 Å². The van der Waals surface area contributed by atoms with Crippen molar-refractivity contribution in [2.75, 3.05) is 0 Å². The van der Waals surface area contributed by atoms with Crippen LogP contribution < -0.4 is 0 Å². The molecule has 1 heteroatoms. The van der Waals surface area contributed by atoms with Gasteiger partial charge < -0.3 is 0 Å². The number of benzene rings is 1. The first-order valence-electron chi connectivity index (χ1n) is 5.32. The molecule has 0 heterocycles. The zero-order chi connectivity index (χ0) is 10.3. The summed E-state index contributed by atoms with van der Waals surface area (Å²) in [5, 5.41) is 0.214. The van der Waals surface area contributed by atoms with E-state index in [0.29, 0.717) is 0 Å². The van der Waals surface area contributed by atoms with E-state index in [1.54, 1.807) is 0 Å². The topological polar surface area (TPSA) is 0 Å². The first kappa shape index (κ1) is 10.0. The number of alkyl halides is 1. The fraction of sp³-hybridized carbons (Fsp3) is 0.538. The molecule has 1 aliphatic rings. The zero-order valence-electron chi connectivity index (χ0n) is 9.10. The van der Waals surface area contributed by atoms with Gasteiger partial charge in [-0.25, -0.2) is 0 Å². The van der Waals surface area contributed by atoms with Crippen LogP contribution in [-0.4, -0.2) is 0 Å². The largest absolute Gasteiger partial charge is 0.118 e. The predicted octanol–water partition coefficient (Wildman–Crippen LogP) is 4.21. The van der Waals surface area contributed by atoms with E-state index in [4.69, 9.17) is 11.6 Å². The Balaban J connectivity index is 2.52. The smallest absolute Gasteiger partial charge is 0.0596 e. The molecule has 0 saturated carbocycles. The van der Waals surface area contributed by atoms with Crippen molar-refractivity contribution >= 4 is 11.6 Å². The lowest BCUT2D eigenvalue weighted by atomic mass is 9.86. The van der Waals surface area contributed by atoms with Gasteiger partial charge in [-0.2, -0.15) is 0 Å². The molecule has 1 atom stereocenters. The number of hydrogen-bond donors (Lipinski definition) is 0. The summed E-state index contributed by atoms with van der Waals surface area (Å²) in [6, 6.07) is 6.77. The Labute approximate surface area is 91.3 Å². The standard InChI is InChI=1S/C13H17Cl/c1-4-9-5-6-11-10(7-9)12(14)8-13(11,2)3/h5-7,12H,4,8H2,1-3H3. The Morgan fingerprint density at radius 2 is 2.14 bits per heavy atom. The van der Waals surface area contributed by atoms with Crippen molar-refractivity contribution in [2.24, 2.45) is 0 Å². The van der Waals surface area contributed by atoms with Crippen molar-refractivity contribution in [3.05, 3.63) is 34.9 Å². The zero-order valence-corrected chi connectivity index (χ0v) is 9.86. The van der Waals surface area contributed by atoms with Gasteiger partial charge in [-0.15, -0.1) is 11.6 Å². The van der Waals surface area contributed by atoms with Crippen LogP contribution in [0.3, 0.4) is 0 Å².